The van der Waals surface area contributed by atoms with Crippen LogP contribution in [0.3, 0.4) is 0 Å². The summed E-state index contributed by atoms with van der Waals surface area (Å²) in [4.78, 5) is 16.1. The highest BCUT2D eigenvalue weighted by Crippen LogP contribution is 2.26. The van der Waals surface area contributed by atoms with E-state index in [2.05, 4.69) is 48.6 Å². The molecule has 0 bridgehead atoms. The van der Waals surface area contributed by atoms with Crippen molar-refractivity contribution in [3.05, 3.63) is 65.7 Å². The first-order valence-electron chi connectivity index (χ1n) is 9.95. The molecule has 1 fully saturated rings. The highest BCUT2D eigenvalue weighted by atomic mass is 32.2. The Labute approximate surface area is 172 Å². The number of likely N-dealkylation sites (N-methyl/N-ethyl adjacent to an activating group) is 1. The fourth-order valence-electron chi connectivity index (χ4n) is 3.37. The molecule has 0 spiro atoms. The zero-order chi connectivity index (χ0) is 19.8. The molecule has 2 atom stereocenters. The van der Waals surface area contributed by atoms with Crippen molar-refractivity contribution in [1.82, 2.24) is 10.2 Å². The Hall–Kier alpha value is -1.82. The summed E-state index contributed by atoms with van der Waals surface area (Å²) in [6.45, 7) is 1.48. The average Bonchev–Trinajstić information content (AvgIpc) is 3.24. The van der Waals surface area contributed by atoms with Crippen molar-refractivity contribution in [2.45, 2.75) is 36.3 Å². The molecule has 0 aromatic heterocycles. The number of carbonyl (C=O) groups is 1. The first-order valence-corrected chi connectivity index (χ1v) is 10.9. The summed E-state index contributed by atoms with van der Waals surface area (Å²) in [5, 5.41) is 3.14. The first kappa shape index (κ1) is 20.9. The van der Waals surface area contributed by atoms with Crippen molar-refractivity contribution in [1.29, 1.82) is 0 Å². The van der Waals surface area contributed by atoms with E-state index in [1.807, 2.05) is 30.3 Å². The molecule has 3 rings (SSSR count). The Morgan fingerprint density at radius 2 is 1.93 bits per heavy atom. The number of nitrogens with zero attached hydrogens (tertiary/aromatic N) is 1. The third-order valence-corrected chi connectivity index (χ3v) is 6.33. The molecule has 1 amide bonds. The van der Waals surface area contributed by atoms with Crippen molar-refractivity contribution in [3.8, 4) is 0 Å². The molecule has 0 radical (unpaired) electrons. The maximum atomic E-state index is 12.9. The van der Waals surface area contributed by atoms with Crippen molar-refractivity contribution < 1.29 is 9.53 Å². The molecule has 1 saturated heterocycles. The second-order valence-electron chi connectivity index (χ2n) is 7.46. The van der Waals surface area contributed by atoms with Crippen LogP contribution < -0.4 is 5.32 Å². The van der Waals surface area contributed by atoms with Gasteiger partial charge in [0.1, 0.15) is 0 Å². The molecular weight excluding hydrogens is 368 g/mol. The van der Waals surface area contributed by atoms with Gasteiger partial charge in [0, 0.05) is 29.8 Å². The second kappa shape index (κ2) is 10.6. The summed E-state index contributed by atoms with van der Waals surface area (Å²) in [5.74, 6) is 0.897. The zero-order valence-corrected chi connectivity index (χ0v) is 17.6. The number of hydrogen-bond acceptors (Lipinski definition) is 4. The van der Waals surface area contributed by atoms with E-state index in [1.165, 1.54) is 5.56 Å². The SMILES string of the molecule is CN(C)C(CNC(=O)c1ccccc1SCC1CCCO1)Cc1ccccc1. The Morgan fingerprint density at radius 1 is 1.18 bits per heavy atom. The minimum absolute atomic E-state index is 0.00430. The van der Waals surface area contributed by atoms with E-state index in [0.29, 0.717) is 12.6 Å². The number of ether oxygens (including phenoxy) is 1. The lowest BCUT2D eigenvalue weighted by molar-refractivity contribution is 0.0938. The number of amides is 1. The van der Waals surface area contributed by atoms with Crippen LogP contribution in [0.2, 0.25) is 0 Å². The Kier molecular flexibility index (Phi) is 7.95. The first-order chi connectivity index (χ1) is 13.6. The predicted octanol–water partition coefficient (Wildman–Crippen LogP) is 3.86. The van der Waals surface area contributed by atoms with Crippen molar-refractivity contribution >= 4 is 17.7 Å². The van der Waals surface area contributed by atoms with Gasteiger partial charge in [-0.05, 0) is 51.1 Å². The summed E-state index contributed by atoms with van der Waals surface area (Å²) < 4.78 is 5.71. The summed E-state index contributed by atoms with van der Waals surface area (Å²) in [5.41, 5.74) is 2.03. The predicted molar refractivity (Wildman–Crippen MR) is 116 cm³/mol. The molecule has 0 aliphatic carbocycles. The molecular formula is C23H30N2O2S. The van der Waals surface area contributed by atoms with Gasteiger partial charge in [-0.3, -0.25) is 4.79 Å². The van der Waals surface area contributed by atoms with E-state index >= 15 is 0 Å². The van der Waals surface area contributed by atoms with E-state index < -0.39 is 0 Å². The van der Waals surface area contributed by atoms with Crippen LogP contribution in [0.1, 0.15) is 28.8 Å². The van der Waals surface area contributed by atoms with Gasteiger partial charge in [-0.1, -0.05) is 42.5 Å². The number of hydrogen-bond donors (Lipinski definition) is 1. The molecule has 1 aliphatic heterocycles. The van der Waals surface area contributed by atoms with Gasteiger partial charge in [0.15, 0.2) is 0 Å². The molecule has 1 N–H and O–H groups in total. The van der Waals surface area contributed by atoms with Crippen LogP contribution in [-0.2, 0) is 11.2 Å². The maximum absolute atomic E-state index is 12.9. The van der Waals surface area contributed by atoms with Crippen LogP contribution in [0.15, 0.2) is 59.5 Å². The summed E-state index contributed by atoms with van der Waals surface area (Å²) in [7, 11) is 4.12. The summed E-state index contributed by atoms with van der Waals surface area (Å²) in [6, 6.07) is 18.5. The van der Waals surface area contributed by atoms with Gasteiger partial charge < -0.3 is 15.0 Å². The molecule has 150 valence electrons. The van der Waals surface area contributed by atoms with E-state index in [0.717, 1.165) is 42.1 Å². The fraction of sp³-hybridized carbons (Fsp3) is 0.435. The summed E-state index contributed by atoms with van der Waals surface area (Å²) in [6.07, 6.45) is 3.47. The van der Waals surface area contributed by atoms with E-state index in [4.69, 9.17) is 4.74 Å². The van der Waals surface area contributed by atoms with E-state index in [9.17, 15) is 4.79 Å². The number of carbonyl (C=O) groups excluding carboxylic acids is 1. The van der Waals surface area contributed by atoms with Gasteiger partial charge in [0.25, 0.3) is 5.91 Å². The lowest BCUT2D eigenvalue weighted by atomic mass is 10.0. The molecule has 4 nitrogen and oxygen atoms in total. The van der Waals surface area contributed by atoms with Crippen LogP contribution >= 0.6 is 11.8 Å². The quantitative estimate of drug-likeness (QED) is 0.651. The van der Waals surface area contributed by atoms with Crippen LogP contribution in [0, 0.1) is 0 Å². The van der Waals surface area contributed by atoms with Gasteiger partial charge >= 0.3 is 0 Å². The number of thioether (sulfide) groups is 1. The van der Waals surface area contributed by atoms with Gasteiger partial charge in [0.05, 0.1) is 11.7 Å². The highest BCUT2D eigenvalue weighted by Gasteiger charge is 2.19. The van der Waals surface area contributed by atoms with Gasteiger partial charge in [0.2, 0.25) is 0 Å². The molecule has 28 heavy (non-hydrogen) atoms. The molecule has 2 aromatic rings. The molecule has 5 heteroatoms. The molecule has 1 aliphatic rings. The number of rotatable bonds is 9. The zero-order valence-electron chi connectivity index (χ0n) is 16.8. The van der Waals surface area contributed by atoms with Crippen molar-refractivity contribution in [2.75, 3.05) is 33.0 Å². The largest absolute Gasteiger partial charge is 0.377 e. The smallest absolute Gasteiger partial charge is 0.252 e. The van der Waals surface area contributed by atoms with E-state index in [-0.39, 0.29) is 11.9 Å². The third-order valence-electron chi connectivity index (χ3n) is 5.12. The minimum atomic E-state index is -0.00430. The van der Waals surface area contributed by atoms with Crippen molar-refractivity contribution in [3.63, 3.8) is 0 Å². The number of benzene rings is 2. The standard InChI is InChI=1S/C23H30N2O2S/c1-25(2)19(15-18-9-4-3-5-10-18)16-24-23(26)21-12-6-7-13-22(21)28-17-20-11-8-14-27-20/h3-7,9-10,12-13,19-20H,8,11,14-17H2,1-2H3,(H,24,26). The molecule has 1 heterocycles. The van der Waals surface area contributed by atoms with Crippen LogP contribution in [0.4, 0.5) is 0 Å². The highest BCUT2D eigenvalue weighted by molar-refractivity contribution is 7.99. The minimum Gasteiger partial charge on any atom is -0.377 e. The lowest BCUT2D eigenvalue weighted by Gasteiger charge is -2.25. The van der Waals surface area contributed by atoms with Crippen LogP contribution in [0.5, 0.6) is 0 Å². The third kappa shape index (κ3) is 6.09. The molecule has 0 saturated carbocycles. The average molecular weight is 399 g/mol. The monoisotopic (exact) mass is 398 g/mol. The van der Waals surface area contributed by atoms with Gasteiger partial charge in [-0.2, -0.15) is 0 Å². The van der Waals surface area contributed by atoms with Crippen molar-refractivity contribution in [2.24, 2.45) is 0 Å². The van der Waals surface area contributed by atoms with Gasteiger partial charge in [-0.25, -0.2) is 0 Å². The maximum Gasteiger partial charge on any atom is 0.252 e. The Bertz CT molecular complexity index is 745. The lowest BCUT2D eigenvalue weighted by Crippen LogP contribution is -2.41. The van der Waals surface area contributed by atoms with E-state index in [1.54, 1.807) is 11.8 Å². The van der Waals surface area contributed by atoms with Crippen LogP contribution in [-0.4, -0.2) is 56.0 Å². The molecule has 2 aromatic carbocycles. The topological polar surface area (TPSA) is 41.6 Å². The fourth-order valence-corrected chi connectivity index (χ4v) is 4.49. The second-order valence-corrected chi connectivity index (χ2v) is 8.52. The number of nitrogens with one attached hydrogen (secondary N) is 1. The molecule has 2 unspecified atom stereocenters. The Morgan fingerprint density at radius 3 is 2.64 bits per heavy atom. The Balaban J connectivity index is 1.58. The summed E-state index contributed by atoms with van der Waals surface area (Å²) >= 11 is 1.72. The van der Waals surface area contributed by atoms with Gasteiger partial charge in [-0.15, -0.1) is 11.8 Å². The normalized spacial score (nSPS) is 17.6. The van der Waals surface area contributed by atoms with Crippen LogP contribution in [0.25, 0.3) is 0 Å².